The first kappa shape index (κ1) is 17.4. The molecule has 4 rings (SSSR count). The Morgan fingerprint density at radius 2 is 2.00 bits per heavy atom. The number of fused-ring (bicyclic) bond motifs is 1. The van der Waals surface area contributed by atoms with Crippen molar-refractivity contribution in [2.24, 2.45) is 0 Å². The molecular formula is C21H17FN2O2S. The summed E-state index contributed by atoms with van der Waals surface area (Å²) in [5, 5.41) is 2.52. The van der Waals surface area contributed by atoms with Crippen LogP contribution >= 0.6 is 11.3 Å². The van der Waals surface area contributed by atoms with E-state index in [9.17, 15) is 9.18 Å². The summed E-state index contributed by atoms with van der Waals surface area (Å²) < 4.78 is 20.4. The number of aryl methyl sites for hydroxylation is 1. The maximum atomic E-state index is 13.5. The minimum Gasteiger partial charge on any atom is -0.497 e. The van der Waals surface area contributed by atoms with Crippen LogP contribution in [0.5, 0.6) is 5.75 Å². The van der Waals surface area contributed by atoms with Gasteiger partial charge in [0.2, 0.25) is 0 Å². The van der Waals surface area contributed by atoms with E-state index < -0.39 is 0 Å². The average molecular weight is 380 g/mol. The van der Waals surface area contributed by atoms with Crippen LogP contribution in [0.1, 0.15) is 11.4 Å². The number of rotatable bonds is 4. The maximum absolute atomic E-state index is 13.5. The van der Waals surface area contributed by atoms with Crippen LogP contribution < -0.4 is 10.3 Å². The molecule has 0 unspecified atom stereocenters. The predicted molar refractivity (Wildman–Crippen MR) is 106 cm³/mol. The number of methoxy groups -OCH3 is 1. The molecule has 0 aliphatic rings. The van der Waals surface area contributed by atoms with Crippen molar-refractivity contribution in [3.8, 4) is 16.9 Å². The lowest BCUT2D eigenvalue weighted by molar-refractivity contribution is 0.415. The molecule has 2 aromatic carbocycles. The summed E-state index contributed by atoms with van der Waals surface area (Å²) >= 11 is 1.44. The largest absolute Gasteiger partial charge is 0.497 e. The summed E-state index contributed by atoms with van der Waals surface area (Å²) in [6.45, 7) is 2.07. The number of hydrogen-bond donors (Lipinski definition) is 0. The Kier molecular flexibility index (Phi) is 4.49. The zero-order valence-corrected chi connectivity index (χ0v) is 15.7. The van der Waals surface area contributed by atoms with Crippen molar-refractivity contribution < 1.29 is 9.13 Å². The topological polar surface area (TPSA) is 44.1 Å². The quantitative estimate of drug-likeness (QED) is 0.518. The van der Waals surface area contributed by atoms with Crippen molar-refractivity contribution in [3.05, 3.63) is 81.5 Å². The van der Waals surface area contributed by atoms with Crippen molar-refractivity contribution in [1.82, 2.24) is 9.55 Å². The Morgan fingerprint density at radius 3 is 2.78 bits per heavy atom. The molecule has 4 aromatic rings. The van der Waals surface area contributed by atoms with E-state index in [1.807, 2.05) is 29.6 Å². The van der Waals surface area contributed by atoms with Gasteiger partial charge in [-0.3, -0.25) is 9.36 Å². The fourth-order valence-corrected chi connectivity index (χ4v) is 4.12. The Labute approximate surface area is 159 Å². The first-order valence-corrected chi connectivity index (χ1v) is 9.32. The summed E-state index contributed by atoms with van der Waals surface area (Å²) in [6.07, 6.45) is 0. The molecule has 2 heterocycles. The van der Waals surface area contributed by atoms with Crippen molar-refractivity contribution in [2.75, 3.05) is 7.11 Å². The van der Waals surface area contributed by atoms with E-state index in [1.54, 1.807) is 30.7 Å². The lowest BCUT2D eigenvalue weighted by atomic mass is 10.1. The summed E-state index contributed by atoms with van der Waals surface area (Å²) in [5.41, 5.74) is 2.33. The average Bonchev–Trinajstić information content (AvgIpc) is 3.09. The third-order valence-electron chi connectivity index (χ3n) is 4.50. The van der Waals surface area contributed by atoms with Gasteiger partial charge in [-0.05, 0) is 42.3 Å². The third-order valence-corrected chi connectivity index (χ3v) is 5.37. The Bertz CT molecular complexity index is 1200. The van der Waals surface area contributed by atoms with Crippen molar-refractivity contribution >= 4 is 21.6 Å². The first-order chi connectivity index (χ1) is 13.1. The van der Waals surface area contributed by atoms with Crippen molar-refractivity contribution in [2.45, 2.75) is 13.5 Å². The number of nitrogens with zero attached hydrogens (tertiary/aromatic N) is 2. The molecular weight excluding hydrogens is 363 g/mol. The van der Waals surface area contributed by atoms with Crippen LogP contribution in [-0.2, 0) is 6.54 Å². The zero-order valence-electron chi connectivity index (χ0n) is 14.9. The fraction of sp³-hybridized carbons (Fsp3) is 0.143. The highest BCUT2D eigenvalue weighted by Gasteiger charge is 2.16. The van der Waals surface area contributed by atoms with Crippen molar-refractivity contribution in [3.63, 3.8) is 0 Å². The lowest BCUT2D eigenvalue weighted by Gasteiger charge is -2.10. The zero-order chi connectivity index (χ0) is 19.0. The van der Waals surface area contributed by atoms with E-state index in [0.717, 1.165) is 22.4 Å². The molecule has 27 heavy (non-hydrogen) atoms. The van der Waals surface area contributed by atoms with Crippen LogP contribution in [0.25, 0.3) is 21.3 Å². The van der Waals surface area contributed by atoms with Crippen LogP contribution in [-0.4, -0.2) is 16.7 Å². The van der Waals surface area contributed by atoms with E-state index in [0.29, 0.717) is 16.0 Å². The highest BCUT2D eigenvalue weighted by molar-refractivity contribution is 7.17. The van der Waals surface area contributed by atoms with Gasteiger partial charge in [0.15, 0.2) is 0 Å². The molecule has 0 aliphatic heterocycles. The Morgan fingerprint density at radius 1 is 1.19 bits per heavy atom. The van der Waals surface area contributed by atoms with Gasteiger partial charge >= 0.3 is 0 Å². The number of thiophene rings is 1. The summed E-state index contributed by atoms with van der Waals surface area (Å²) in [4.78, 5) is 18.6. The SMILES string of the molecule is COc1cccc(-c2csc3nc(C)n(Cc4cccc(F)c4)c(=O)c23)c1. The van der Waals surface area contributed by atoms with Gasteiger partial charge in [-0.1, -0.05) is 24.3 Å². The monoisotopic (exact) mass is 380 g/mol. The molecule has 0 radical (unpaired) electrons. The van der Waals surface area contributed by atoms with Gasteiger partial charge in [0.25, 0.3) is 5.56 Å². The normalized spacial score (nSPS) is 11.1. The maximum Gasteiger partial charge on any atom is 0.263 e. The van der Waals surface area contributed by atoms with Gasteiger partial charge in [0, 0.05) is 10.9 Å². The Balaban J connectivity index is 1.88. The minimum atomic E-state index is -0.320. The van der Waals surface area contributed by atoms with Gasteiger partial charge in [0.05, 0.1) is 19.0 Å². The summed E-state index contributed by atoms with van der Waals surface area (Å²) in [5.74, 6) is 1.02. The number of halogens is 1. The van der Waals surface area contributed by atoms with E-state index >= 15 is 0 Å². The summed E-state index contributed by atoms with van der Waals surface area (Å²) in [6, 6.07) is 13.9. The second kappa shape index (κ2) is 6.96. The van der Waals surface area contributed by atoms with Crippen LogP contribution in [0.2, 0.25) is 0 Å². The van der Waals surface area contributed by atoms with Crippen LogP contribution in [0.4, 0.5) is 4.39 Å². The van der Waals surface area contributed by atoms with Gasteiger partial charge in [-0.25, -0.2) is 9.37 Å². The molecule has 0 amide bonds. The molecule has 0 spiro atoms. The molecule has 6 heteroatoms. The number of hydrogen-bond acceptors (Lipinski definition) is 4. The van der Waals surface area contributed by atoms with Crippen molar-refractivity contribution in [1.29, 1.82) is 0 Å². The predicted octanol–water partition coefficient (Wildman–Crippen LogP) is 4.63. The third kappa shape index (κ3) is 3.24. The first-order valence-electron chi connectivity index (χ1n) is 8.44. The second-order valence-electron chi connectivity index (χ2n) is 6.24. The molecule has 136 valence electrons. The van der Waals surface area contributed by atoms with Gasteiger partial charge in [-0.15, -0.1) is 11.3 Å². The molecule has 0 fully saturated rings. The molecule has 0 atom stereocenters. The summed E-state index contributed by atoms with van der Waals surface area (Å²) in [7, 11) is 1.61. The van der Waals surface area contributed by atoms with Gasteiger partial charge < -0.3 is 4.74 Å². The molecule has 4 nitrogen and oxygen atoms in total. The second-order valence-corrected chi connectivity index (χ2v) is 7.10. The molecule has 0 N–H and O–H groups in total. The minimum absolute atomic E-state index is 0.124. The fourth-order valence-electron chi connectivity index (χ4n) is 3.13. The van der Waals surface area contributed by atoms with Crippen LogP contribution in [0.15, 0.2) is 58.7 Å². The highest BCUT2D eigenvalue weighted by atomic mass is 32.1. The lowest BCUT2D eigenvalue weighted by Crippen LogP contribution is -2.24. The molecule has 0 saturated carbocycles. The van der Waals surface area contributed by atoms with Crippen LogP contribution in [0, 0.1) is 12.7 Å². The number of aromatic nitrogens is 2. The molecule has 0 aliphatic carbocycles. The smallest absolute Gasteiger partial charge is 0.263 e. The van der Waals surface area contributed by atoms with Crippen LogP contribution in [0.3, 0.4) is 0 Å². The van der Waals surface area contributed by atoms with E-state index in [2.05, 4.69) is 4.98 Å². The Hall–Kier alpha value is -2.99. The molecule has 2 aromatic heterocycles. The van der Waals surface area contributed by atoms with E-state index in [-0.39, 0.29) is 17.9 Å². The molecule has 0 saturated heterocycles. The van der Waals surface area contributed by atoms with E-state index in [4.69, 9.17) is 4.74 Å². The van der Waals surface area contributed by atoms with Gasteiger partial charge in [0.1, 0.15) is 22.2 Å². The molecule has 0 bridgehead atoms. The highest BCUT2D eigenvalue weighted by Crippen LogP contribution is 2.32. The number of benzene rings is 2. The number of ether oxygens (including phenoxy) is 1. The standard InChI is InChI=1S/C21H17FN2O2S/c1-13-23-20-19(18(12-27-20)15-6-4-8-17(10-15)26-2)21(25)24(13)11-14-5-3-7-16(22)9-14/h3-10,12H,11H2,1-2H3. The van der Waals surface area contributed by atoms with Gasteiger partial charge in [-0.2, -0.15) is 0 Å². The van der Waals surface area contributed by atoms with E-state index in [1.165, 1.54) is 23.5 Å².